The van der Waals surface area contributed by atoms with Gasteiger partial charge in [0.25, 0.3) is 5.91 Å². The molecule has 354 valence electrons. The molecule has 0 spiro atoms. The van der Waals surface area contributed by atoms with Crippen molar-refractivity contribution in [3.05, 3.63) is 148 Å². The van der Waals surface area contributed by atoms with Crippen LogP contribution >= 0.6 is 11.6 Å². The van der Waals surface area contributed by atoms with Crippen LogP contribution in [0, 0.1) is 12.8 Å². The topological polar surface area (TPSA) is 178 Å². The van der Waals surface area contributed by atoms with Crippen LogP contribution in [0.3, 0.4) is 0 Å². The number of nitrogen functional groups attached to an aromatic ring is 2. The number of halogens is 1. The first kappa shape index (κ1) is 49.8. The van der Waals surface area contributed by atoms with Gasteiger partial charge >= 0.3 is 12.2 Å². The zero-order valence-corrected chi connectivity index (χ0v) is 40.2. The number of hydrogen-bond donors (Lipinski definition) is 4. The number of amides is 3. The van der Waals surface area contributed by atoms with Crippen LogP contribution in [0.1, 0.15) is 103 Å². The zero-order valence-electron chi connectivity index (χ0n) is 39.4. The molecule has 0 fully saturated rings. The Morgan fingerprint density at radius 1 is 0.806 bits per heavy atom. The summed E-state index contributed by atoms with van der Waals surface area (Å²) in [5.74, 6) is -0.328. The van der Waals surface area contributed by atoms with Crippen molar-refractivity contribution in [2.45, 2.75) is 84.8 Å². The Bertz CT molecular complexity index is 2460. The van der Waals surface area contributed by atoms with E-state index in [1.807, 2.05) is 69.3 Å². The summed E-state index contributed by atoms with van der Waals surface area (Å²) in [5.41, 5.74) is 20.1. The van der Waals surface area contributed by atoms with Gasteiger partial charge in [0, 0.05) is 50.7 Å². The van der Waals surface area contributed by atoms with Gasteiger partial charge in [0.05, 0.1) is 5.70 Å². The minimum absolute atomic E-state index is 0.0223. The molecule has 1 aliphatic carbocycles. The van der Waals surface area contributed by atoms with Crippen molar-refractivity contribution < 1.29 is 23.9 Å². The number of aromatic nitrogens is 2. The molecular weight excluding hydrogens is 864 g/mol. The number of nitrogens with one attached hydrogen (secondary N) is 2. The maximum Gasteiger partial charge on any atom is 0.410 e. The first-order valence-corrected chi connectivity index (χ1v) is 23.5. The van der Waals surface area contributed by atoms with Crippen molar-refractivity contribution in [2.24, 2.45) is 5.92 Å². The summed E-state index contributed by atoms with van der Waals surface area (Å²) in [6.45, 7) is 16.1. The molecular formula is C53H65ClN8O5. The van der Waals surface area contributed by atoms with E-state index in [-0.39, 0.29) is 66.0 Å². The molecule has 6 N–H and O–H groups in total. The predicted molar refractivity (Wildman–Crippen MR) is 267 cm³/mol. The normalized spacial score (nSPS) is 12.4. The van der Waals surface area contributed by atoms with E-state index in [0.29, 0.717) is 43.9 Å². The number of carbonyl (C=O) groups is 3. The minimum Gasteiger partial charge on any atom is -0.448 e. The Morgan fingerprint density at radius 3 is 2.12 bits per heavy atom. The third-order valence-corrected chi connectivity index (χ3v) is 12.1. The quantitative estimate of drug-likeness (QED) is 0.0518. The third-order valence-electron chi connectivity index (χ3n) is 11.8. The molecule has 1 atom stereocenters. The molecule has 4 aromatic carbocycles. The lowest BCUT2D eigenvalue weighted by Gasteiger charge is -2.31. The van der Waals surface area contributed by atoms with E-state index in [2.05, 4.69) is 77.4 Å². The summed E-state index contributed by atoms with van der Waals surface area (Å²) in [4.78, 5) is 52.8. The SMILES string of the molecule is C=C(NC[C@@H](Cc1ccccc1C)CN(Cc1ccc(C(=O)NCCN(CCCCCC)C(=O)OCC2c3ccccc3-c3ccccc32)cc1)C(=O)OC(C)(C)C)c1nc(Cl)c(N)nc1N. The second-order valence-corrected chi connectivity index (χ2v) is 18.5. The van der Waals surface area contributed by atoms with Crippen LogP contribution < -0.4 is 22.1 Å². The van der Waals surface area contributed by atoms with Crippen LogP contribution in [-0.2, 0) is 22.4 Å². The Morgan fingerprint density at radius 2 is 1.46 bits per heavy atom. The van der Waals surface area contributed by atoms with Crippen LogP contribution in [0.2, 0.25) is 5.15 Å². The van der Waals surface area contributed by atoms with E-state index in [9.17, 15) is 14.4 Å². The highest BCUT2D eigenvalue weighted by Crippen LogP contribution is 2.44. The second kappa shape index (κ2) is 23.2. The number of nitrogens with zero attached hydrogens (tertiary/aromatic N) is 4. The Kier molecular flexibility index (Phi) is 17.3. The van der Waals surface area contributed by atoms with Gasteiger partial charge in [-0.3, -0.25) is 4.79 Å². The summed E-state index contributed by atoms with van der Waals surface area (Å²) in [6.07, 6.45) is 3.77. The molecule has 67 heavy (non-hydrogen) atoms. The van der Waals surface area contributed by atoms with Crippen molar-refractivity contribution >= 4 is 47.0 Å². The van der Waals surface area contributed by atoms with Crippen LogP contribution in [0.15, 0.2) is 104 Å². The van der Waals surface area contributed by atoms with E-state index in [0.717, 1.165) is 53.5 Å². The highest BCUT2D eigenvalue weighted by molar-refractivity contribution is 6.31. The van der Waals surface area contributed by atoms with Gasteiger partial charge in [-0.2, -0.15) is 0 Å². The second-order valence-electron chi connectivity index (χ2n) is 18.2. The highest BCUT2D eigenvalue weighted by Gasteiger charge is 2.30. The van der Waals surface area contributed by atoms with E-state index in [1.54, 1.807) is 21.9 Å². The largest absolute Gasteiger partial charge is 0.448 e. The number of fused-ring (bicyclic) bond motifs is 3. The number of carbonyl (C=O) groups excluding carboxylic acids is 3. The molecule has 6 rings (SSSR count). The highest BCUT2D eigenvalue weighted by atomic mass is 35.5. The predicted octanol–water partition coefficient (Wildman–Crippen LogP) is 10.0. The molecule has 3 amide bonds. The monoisotopic (exact) mass is 928 g/mol. The standard InChI is InChI=1S/C53H65ClN8O5/c1-7-8-9-16-28-61(51(64)66-34-45-43-21-14-12-19-41(43)42-20-13-15-22-44(42)45)29-27-57-50(63)39-25-23-37(24-26-39)32-62(52(65)67-53(4,5)6)33-38(30-40-18-11-10-17-35(40)2)31-58-36(3)46-48(55)60-49(56)47(54)59-46/h10-15,17-26,38,45,58H,3,7-9,16,27-34H2,1-2,4-6H3,(H,57,63)(H4,55,56,60)/t38-/m1/s1. The molecule has 0 aliphatic heterocycles. The van der Waals surface area contributed by atoms with Gasteiger partial charge in [-0.15, -0.1) is 0 Å². The molecule has 0 saturated carbocycles. The Labute approximate surface area is 400 Å². The summed E-state index contributed by atoms with van der Waals surface area (Å²) in [5, 5.41) is 6.36. The smallest absolute Gasteiger partial charge is 0.410 e. The zero-order chi connectivity index (χ0) is 48.1. The van der Waals surface area contributed by atoms with Gasteiger partial charge in [0.15, 0.2) is 16.8 Å². The van der Waals surface area contributed by atoms with E-state index in [4.69, 9.17) is 32.5 Å². The first-order valence-electron chi connectivity index (χ1n) is 23.1. The van der Waals surface area contributed by atoms with Gasteiger partial charge in [-0.1, -0.05) is 129 Å². The number of anilines is 2. The summed E-state index contributed by atoms with van der Waals surface area (Å²) in [7, 11) is 0. The van der Waals surface area contributed by atoms with Crippen molar-refractivity contribution in [3.8, 4) is 11.1 Å². The number of unbranched alkanes of at least 4 members (excludes halogenated alkanes) is 3. The summed E-state index contributed by atoms with van der Waals surface area (Å²) in [6, 6.07) is 31.8. The summed E-state index contributed by atoms with van der Waals surface area (Å²) >= 11 is 6.17. The Balaban J connectivity index is 1.10. The first-order chi connectivity index (χ1) is 32.1. The minimum atomic E-state index is -0.740. The molecule has 1 aliphatic rings. The Hall–Kier alpha value is -6.60. The fourth-order valence-corrected chi connectivity index (χ4v) is 8.43. The number of hydrogen-bond acceptors (Lipinski definition) is 10. The van der Waals surface area contributed by atoms with Gasteiger partial charge < -0.3 is 41.4 Å². The van der Waals surface area contributed by atoms with Crippen LogP contribution in [0.25, 0.3) is 16.8 Å². The maximum atomic E-state index is 13.9. The van der Waals surface area contributed by atoms with E-state index in [1.165, 1.54) is 11.1 Å². The molecule has 0 unspecified atom stereocenters. The fraction of sp³-hybridized carbons (Fsp3) is 0.377. The molecule has 13 nitrogen and oxygen atoms in total. The van der Waals surface area contributed by atoms with Gasteiger partial charge in [-0.05, 0) is 97.5 Å². The van der Waals surface area contributed by atoms with Gasteiger partial charge in [-0.25, -0.2) is 19.6 Å². The van der Waals surface area contributed by atoms with E-state index < -0.39 is 11.7 Å². The molecule has 1 aromatic heterocycles. The lowest BCUT2D eigenvalue weighted by molar-refractivity contribution is 0.0202. The average Bonchev–Trinajstić information content (AvgIpc) is 3.62. The van der Waals surface area contributed by atoms with Crippen molar-refractivity contribution in [3.63, 3.8) is 0 Å². The summed E-state index contributed by atoms with van der Waals surface area (Å²) < 4.78 is 11.9. The number of ether oxygens (including phenoxy) is 2. The van der Waals surface area contributed by atoms with Gasteiger partial charge in [0.1, 0.15) is 17.9 Å². The molecule has 5 aromatic rings. The molecule has 0 saturated heterocycles. The number of rotatable bonds is 21. The van der Waals surface area contributed by atoms with Crippen LogP contribution in [-0.4, -0.2) is 82.8 Å². The third kappa shape index (κ3) is 13.7. The van der Waals surface area contributed by atoms with Crippen LogP contribution in [0.4, 0.5) is 21.2 Å². The average molecular weight is 930 g/mol. The number of benzene rings is 4. The maximum absolute atomic E-state index is 13.9. The molecule has 0 bridgehead atoms. The molecule has 14 heteroatoms. The lowest BCUT2D eigenvalue weighted by Crippen LogP contribution is -2.41. The van der Waals surface area contributed by atoms with Crippen molar-refractivity contribution in [1.82, 2.24) is 30.4 Å². The van der Waals surface area contributed by atoms with Gasteiger partial charge in [0.2, 0.25) is 0 Å². The molecule has 0 radical (unpaired) electrons. The molecule has 1 heterocycles. The van der Waals surface area contributed by atoms with Crippen molar-refractivity contribution in [2.75, 3.05) is 50.8 Å². The van der Waals surface area contributed by atoms with Crippen LogP contribution in [0.5, 0.6) is 0 Å². The van der Waals surface area contributed by atoms with E-state index >= 15 is 0 Å². The lowest BCUT2D eigenvalue weighted by atomic mass is 9.95. The number of nitrogens with two attached hydrogens (primary N) is 2. The fourth-order valence-electron chi connectivity index (χ4n) is 8.31. The number of aryl methyl sites for hydroxylation is 1. The van der Waals surface area contributed by atoms with Crippen molar-refractivity contribution in [1.29, 1.82) is 0 Å².